The topological polar surface area (TPSA) is 107 Å². The lowest BCUT2D eigenvalue weighted by Crippen LogP contribution is -2.43. The maximum absolute atomic E-state index is 13.5. The second-order valence-corrected chi connectivity index (χ2v) is 10.6. The molecule has 2 amide bonds. The zero-order valence-electron chi connectivity index (χ0n) is 24.2. The van der Waals surface area contributed by atoms with Crippen molar-refractivity contribution in [2.24, 2.45) is 0 Å². The predicted molar refractivity (Wildman–Crippen MR) is 166 cm³/mol. The second-order valence-electron chi connectivity index (χ2n) is 10.1. The second kappa shape index (κ2) is 13.8. The average Bonchev–Trinajstić information content (AvgIpc) is 3.41. The van der Waals surface area contributed by atoms with E-state index in [1.165, 1.54) is 12.1 Å². The fraction of sp³-hybridized carbons (Fsp3) is 0.147. The van der Waals surface area contributed by atoms with Crippen LogP contribution >= 0.6 is 11.6 Å². The van der Waals surface area contributed by atoms with Crippen molar-refractivity contribution in [2.45, 2.75) is 25.2 Å². The maximum Gasteiger partial charge on any atom is 0.471 e. The minimum atomic E-state index is -5.25. The fourth-order valence-corrected chi connectivity index (χ4v) is 4.77. The van der Waals surface area contributed by atoms with Gasteiger partial charge in [-0.2, -0.15) is 13.2 Å². The molecule has 5 aromatic rings. The third-order valence-corrected chi connectivity index (χ3v) is 7.22. The first-order valence-corrected chi connectivity index (χ1v) is 14.2. The zero-order valence-corrected chi connectivity index (χ0v) is 24.9. The molecule has 4 aromatic carbocycles. The van der Waals surface area contributed by atoms with Crippen molar-refractivity contribution in [3.05, 3.63) is 119 Å². The number of hydrogen-bond donors (Lipinski definition) is 2. The van der Waals surface area contributed by atoms with Crippen LogP contribution in [-0.4, -0.2) is 37.1 Å². The Morgan fingerprint density at radius 1 is 0.870 bits per heavy atom. The normalized spacial score (nSPS) is 11.9. The average molecular weight is 651 g/mol. The summed E-state index contributed by atoms with van der Waals surface area (Å²) in [4.78, 5) is 38.2. The first kappa shape index (κ1) is 32.1. The monoisotopic (exact) mass is 650 g/mol. The number of carbonyl (C=O) groups excluding carboxylic acids is 3. The molecule has 1 heterocycles. The van der Waals surface area contributed by atoms with Gasteiger partial charge in [-0.25, -0.2) is 4.79 Å². The molecule has 1 aromatic heterocycles. The highest BCUT2D eigenvalue weighted by molar-refractivity contribution is 6.30. The smallest absolute Gasteiger partial charge is 0.471 e. The number of fused-ring (bicyclic) bond motifs is 1. The van der Waals surface area contributed by atoms with E-state index in [0.29, 0.717) is 34.1 Å². The van der Waals surface area contributed by atoms with Gasteiger partial charge in [-0.05, 0) is 58.7 Å². The highest BCUT2D eigenvalue weighted by Gasteiger charge is 2.40. The van der Waals surface area contributed by atoms with Gasteiger partial charge in [-0.1, -0.05) is 72.3 Å². The SMILES string of the molecule is COC(=O)[C@H](Cc1ccc(OCc2ccccc2)cc1)NC(=O)c1oc2ccc(-c3ccc(Cl)cc3)cc2c1NC(=O)C(F)(F)F. The number of methoxy groups -OCH3 is 1. The van der Waals surface area contributed by atoms with Gasteiger partial charge < -0.3 is 24.5 Å². The predicted octanol–water partition coefficient (Wildman–Crippen LogP) is 7.35. The molecular formula is C34H26ClF3N2O6. The molecule has 0 radical (unpaired) electrons. The summed E-state index contributed by atoms with van der Waals surface area (Å²) in [5.41, 5.74) is 2.37. The standard InChI is InChI=1S/C34H26ClF3N2O6/c1-44-32(42)27(17-20-7-14-25(15-8-20)45-19-21-5-3-2-4-6-21)39-31(41)30-29(40-33(43)34(36,37)38)26-18-23(11-16-28(26)46-30)22-9-12-24(35)13-10-22/h2-16,18,27H,17,19H2,1H3,(H,39,41)(H,40,43)/t27-/m0/s1. The Morgan fingerprint density at radius 2 is 1.54 bits per heavy atom. The van der Waals surface area contributed by atoms with Gasteiger partial charge in [0.2, 0.25) is 5.76 Å². The van der Waals surface area contributed by atoms with E-state index >= 15 is 0 Å². The van der Waals surface area contributed by atoms with E-state index in [1.54, 1.807) is 59.9 Å². The van der Waals surface area contributed by atoms with Crippen molar-refractivity contribution in [3.8, 4) is 16.9 Å². The van der Waals surface area contributed by atoms with Crippen LogP contribution in [-0.2, 0) is 27.4 Å². The van der Waals surface area contributed by atoms with Crippen LogP contribution in [0.15, 0.2) is 101 Å². The summed E-state index contributed by atoms with van der Waals surface area (Å²) in [5.74, 6) is -4.20. The van der Waals surface area contributed by atoms with Gasteiger partial charge in [-0.15, -0.1) is 0 Å². The molecule has 12 heteroatoms. The zero-order chi connectivity index (χ0) is 32.8. The largest absolute Gasteiger partial charge is 0.489 e. The summed E-state index contributed by atoms with van der Waals surface area (Å²) in [6.07, 6.45) is -5.28. The van der Waals surface area contributed by atoms with E-state index in [1.807, 2.05) is 30.3 Å². The van der Waals surface area contributed by atoms with Crippen LogP contribution in [0.5, 0.6) is 5.75 Å². The van der Waals surface area contributed by atoms with Gasteiger partial charge in [0, 0.05) is 16.8 Å². The highest BCUT2D eigenvalue weighted by atomic mass is 35.5. The molecule has 0 unspecified atom stereocenters. The van der Waals surface area contributed by atoms with Crippen LogP contribution in [0.4, 0.5) is 18.9 Å². The number of halogens is 4. The molecule has 0 fully saturated rings. The Kier molecular flexibility index (Phi) is 9.62. The Hall–Kier alpha value is -5.29. The van der Waals surface area contributed by atoms with E-state index < -0.39 is 41.4 Å². The van der Waals surface area contributed by atoms with Gasteiger partial charge in [0.1, 0.15) is 29.7 Å². The van der Waals surface area contributed by atoms with Crippen molar-refractivity contribution in [1.29, 1.82) is 0 Å². The molecule has 8 nitrogen and oxygen atoms in total. The van der Waals surface area contributed by atoms with Crippen molar-refractivity contribution in [1.82, 2.24) is 5.32 Å². The summed E-state index contributed by atoms with van der Waals surface area (Å²) >= 11 is 5.97. The number of furan rings is 1. The minimum absolute atomic E-state index is 0.0252. The van der Waals surface area contributed by atoms with Crippen molar-refractivity contribution in [3.63, 3.8) is 0 Å². The molecule has 236 valence electrons. The summed E-state index contributed by atoms with van der Waals surface area (Å²) in [6, 6.07) is 26.4. The molecule has 1 atom stereocenters. The number of nitrogens with one attached hydrogen (secondary N) is 2. The number of alkyl halides is 3. The molecule has 46 heavy (non-hydrogen) atoms. The lowest BCUT2D eigenvalue weighted by Gasteiger charge is -2.17. The molecule has 0 aliphatic carbocycles. The summed E-state index contributed by atoms with van der Waals surface area (Å²) in [5, 5.41) is 4.76. The molecule has 0 spiro atoms. The van der Waals surface area contributed by atoms with Crippen LogP contribution < -0.4 is 15.4 Å². The fourth-order valence-electron chi connectivity index (χ4n) is 4.65. The number of amides is 2. The van der Waals surface area contributed by atoms with Crippen LogP contribution in [0.2, 0.25) is 5.02 Å². The van der Waals surface area contributed by atoms with Gasteiger partial charge in [0.05, 0.1) is 7.11 Å². The van der Waals surface area contributed by atoms with Gasteiger partial charge in [0.25, 0.3) is 5.91 Å². The van der Waals surface area contributed by atoms with Crippen molar-refractivity contribution >= 4 is 46.0 Å². The Labute approximate surface area is 266 Å². The minimum Gasteiger partial charge on any atom is -0.489 e. The number of anilines is 1. The van der Waals surface area contributed by atoms with E-state index in [0.717, 1.165) is 12.7 Å². The number of esters is 1. The lowest BCUT2D eigenvalue weighted by atomic mass is 10.0. The lowest BCUT2D eigenvalue weighted by molar-refractivity contribution is -0.167. The Balaban J connectivity index is 1.40. The number of hydrogen-bond acceptors (Lipinski definition) is 6. The van der Waals surface area contributed by atoms with Crippen molar-refractivity contribution < 1.29 is 41.4 Å². The first-order chi connectivity index (χ1) is 22.0. The summed E-state index contributed by atoms with van der Waals surface area (Å²) in [6.45, 7) is 0.354. The van der Waals surface area contributed by atoms with Crippen LogP contribution in [0.1, 0.15) is 21.7 Å². The molecule has 0 saturated carbocycles. The number of rotatable bonds is 10. The Bertz CT molecular complexity index is 1860. The van der Waals surface area contributed by atoms with E-state index in [4.69, 9.17) is 25.5 Å². The highest BCUT2D eigenvalue weighted by Crippen LogP contribution is 2.36. The molecular weight excluding hydrogens is 625 g/mol. The van der Waals surface area contributed by atoms with E-state index in [-0.39, 0.29) is 17.4 Å². The molecule has 2 N–H and O–H groups in total. The molecule has 0 saturated heterocycles. The third-order valence-electron chi connectivity index (χ3n) is 6.97. The van der Waals surface area contributed by atoms with E-state index in [2.05, 4.69) is 5.32 Å². The first-order valence-electron chi connectivity index (χ1n) is 13.9. The van der Waals surface area contributed by atoms with Crippen LogP contribution in [0.3, 0.4) is 0 Å². The van der Waals surface area contributed by atoms with Crippen LogP contribution in [0, 0.1) is 0 Å². The van der Waals surface area contributed by atoms with Gasteiger partial charge in [-0.3, -0.25) is 9.59 Å². The molecule has 5 rings (SSSR count). The molecule has 0 aliphatic rings. The maximum atomic E-state index is 13.5. The number of ether oxygens (including phenoxy) is 2. The third kappa shape index (κ3) is 7.67. The molecule has 0 aliphatic heterocycles. The summed E-state index contributed by atoms with van der Waals surface area (Å²) < 4.78 is 56.2. The van der Waals surface area contributed by atoms with Crippen molar-refractivity contribution in [2.75, 3.05) is 12.4 Å². The Morgan fingerprint density at radius 3 is 2.20 bits per heavy atom. The summed E-state index contributed by atoms with van der Waals surface area (Å²) in [7, 11) is 1.14. The number of benzene rings is 4. The van der Waals surface area contributed by atoms with Crippen LogP contribution in [0.25, 0.3) is 22.1 Å². The van der Waals surface area contributed by atoms with E-state index in [9.17, 15) is 27.6 Å². The quantitative estimate of drug-likeness (QED) is 0.153. The van der Waals surface area contributed by atoms with Gasteiger partial charge >= 0.3 is 18.1 Å². The number of carbonyl (C=O) groups is 3. The molecule has 0 bridgehead atoms. The van der Waals surface area contributed by atoms with Gasteiger partial charge in [0.15, 0.2) is 0 Å².